The van der Waals surface area contributed by atoms with Crippen molar-refractivity contribution < 1.29 is 9.53 Å². The quantitative estimate of drug-likeness (QED) is 0.367. The van der Waals surface area contributed by atoms with Crippen LogP contribution >= 0.6 is 0 Å². The lowest BCUT2D eigenvalue weighted by atomic mass is 9.96. The number of rotatable bonds is 12. The lowest BCUT2D eigenvalue weighted by Crippen LogP contribution is -2.12. The van der Waals surface area contributed by atoms with Crippen molar-refractivity contribution in [2.75, 3.05) is 6.61 Å². The van der Waals surface area contributed by atoms with Crippen LogP contribution in [0.5, 0.6) is 5.75 Å². The first-order valence-corrected chi connectivity index (χ1v) is 8.48. The van der Waals surface area contributed by atoms with Gasteiger partial charge in [0, 0.05) is 5.56 Å². The highest BCUT2D eigenvalue weighted by atomic mass is 16.5. The summed E-state index contributed by atoms with van der Waals surface area (Å²) in [5.41, 5.74) is 0.699. The molecule has 0 saturated heterocycles. The highest BCUT2D eigenvalue weighted by Crippen LogP contribution is 2.20. The van der Waals surface area contributed by atoms with Crippen LogP contribution in [-0.4, -0.2) is 12.9 Å². The monoisotopic (exact) mass is 290 g/mol. The topological polar surface area (TPSA) is 26.3 Å². The fourth-order valence-corrected chi connectivity index (χ4v) is 2.52. The molecule has 0 bridgehead atoms. The Kier molecular flexibility index (Phi) is 9.60. The minimum atomic E-state index is 0.660. The van der Waals surface area contributed by atoms with Crippen molar-refractivity contribution in [1.29, 1.82) is 0 Å². The fourth-order valence-electron chi connectivity index (χ4n) is 2.52. The molecule has 0 fully saturated rings. The molecule has 1 aromatic carbocycles. The molecular weight excluding hydrogens is 260 g/mol. The van der Waals surface area contributed by atoms with Gasteiger partial charge in [-0.05, 0) is 43.0 Å². The highest BCUT2D eigenvalue weighted by molar-refractivity contribution is 5.74. The van der Waals surface area contributed by atoms with Crippen molar-refractivity contribution in [3.8, 4) is 5.75 Å². The van der Waals surface area contributed by atoms with E-state index in [2.05, 4.69) is 13.8 Å². The molecule has 2 heteroatoms. The Morgan fingerprint density at radius 2 is 1.62 bits per heavy atom. The van der Waals surface area contributed by atoms with Gasteiger partial charge in [-0.25, -0.2) is 0 Å². The van der Waals surface area contributed by atoms with Gasteiger partial charge in [-0.3, -0.25) is 4.79 Å². The summed E-state index contributed by atoms with van der Waals surface area (Å²) >= 11 is 0. The Labute approximate surface area is 129 Å². The maximum Gasteiger partial charge on any atom is 0.150 e. The van der Waals surface area contributed by atoms with E-state index in [0.717, 1.165) is 18.6 Å². The van der Waals surface area contributed by atoms with Gasteiger partial charge in [0.2, 0.25) is 0 Å². The van der Waals surface area contributed by atoms with Crippen LogP contribution in [0.25, 0.3) is 0 Å². The number of hydrogen-bond acceptors (Lipinski definition) is 2. The molecule has 0 spiro atoms. The normalized spacial score (nSPS) is 12.1. The Bertz CT molecular complexity index is 370. The molecule has 1 unspecified atom stereocenters. The third-order valence-electron chi connectivity index (χ3n) is 3.93. The number of carbonyl (C=O) groups excluding carboxylic acids is 1. The van der Waals surface area contributed by atoms with Gasteiger partial charge in [-0.15, -0.1) is 0 Å². The van der Waals surface area contributed by atoms with Crippen LogP contribution in [0.1, 0.15) is 75.6 Å². The van der Waals surface area contributed by atoms with E-state index < -0.39 is 0 Å². The molecule has 21 heavy (non-hydrogen) atoms. The SMILES string of the molecule is CCCCCCC(CCCC)COc1ccc(C=O)cc1. The Hall–Kier alpha value is -1.31. The van der Waals surface area contributed by atoms with Crippen LogP contribution < -0.4 is 4.74 Å². The van der Waals surface area contributed by atoms with Gasteiger partial charge in [0.1, 0.15) is 12.0 Å². The van der Waals surface area contributed by atoms with E-state index in [0.29, 0.717) is 11.5 Å². The Morgan fingerprint density at radius 1 is 0.952 bits per heavy atom. The first-order chi connectivity index (χ1) is 10.3. The van der Waals surface area contributed by atoms with Crippen LogP contribution in [0.15, 0.2) is 24.3 Å². The fraction of sp³-hybridized carbons (Fsp3) is 0.632. The molecule has 0 radical (unpaired) electrons. The minimum Gasteiger partial charge on any atom is -0.493 e. The predicted molar refractivity (Wildman–Crippen MR) is 89.1 cm³/mol. The van der Waals surface area contributed by atoms with E-state index in [1.165, 1.54) is 51.4 Å². The van der Waals surface area contributed by atoms with Crippen molar-refractivity contribution in [2.24, 2.45) is 5.92 Å². The lowest BCUT2D eigenvalue weighted by molar-refractivity contribution is 0.112. The van der Waals surface area contributed by atoms with E-state index >= 15 is 0 Å². The molecule has 0 aliphatic carbocycles. The zero-order valence-electron chi connectivity index (χ0n) is 13.6. The van der Waals surface area contributed by atoms with E-state index in [4.69, 9.17) is 4.74 Å². The average Bonchev–Trinajstić information content (AvgIpc) is 2.53. The van der Waals surface area contributed by atoms with Crippen molar-refractivity contribution in [3.05, 3.63) is 29.8 Å². The largest absolute Gasteiger partial charge is 0.493 e. The van der Waals surface area contributed by atoms with Gasteiger partial charge in [0.25, 0.3) is 0 Å². The zero-order chi connectivity index (χ0) is 15.3. The summed E-state index contributed by atoms with van der Waals surface area (Å²) in [6, 6.07) is 7.39. The molecule has 1 atom stereocenters. The lowest BCUT2D eigenvalue weighted by Gasteiger charge is -2.17. The minimum absolute atomic E-state index is 0.660. The summed E-state index contributed by atoms with van der Waals surface area (Å²) in [5.74, 6) is 1.53. The molecule has 2 nitrogen and oxygen atoms in total. The standard InChI is InChI=1S/C19H30O2/c1-3-5-7-8-10-18(9-6-4-2)16-21-19-13-11-17(15-20)12-14-19/h11-15,18H,3-10,16H2,1-2H3. The number of carbonyl (C=O) groups is 1. The van der Waals surface area contributed by atoms with Crippen LogP contribution in [0.3, 0.4) is 0 Å². The molecule has 1 aromatic rings. The van der Waals surface area contributed by atoms with E-state index in [-0.39, 0.29) is 0 Å². The summed E-state index contributed by atoms with van der Waals surface area (Å²) in [6.45, 7) is 5.29. The van der Waals surface area contributed by atoms with Crippen molar-refractivity contribution >= 4 is 6.29 Å². The number of unbranched alkanes of at least 4 members (excludes halogenated alkanes) is 4. The second kappa shape index (κ2) is 11.4. The molecule has 0 aliphatic heterocycles. The van der Waals surface area contributed by atoms with Gasteiger partial charge >= 0.3 is 0 Å². The molecule has 118 valence electrons. The number of ether oxygens (including phenoxy) is 1. The highest BCUT2D eigenvalue weighted by Gasteiger charge is 2.09. The first kappa shape index (κ1) is 17.7. The van der Waals surface area contributed by atoms with E-state index in [1.807, 2.05) is 24.3 Å². The van der Waals surface area contributed by atoms with E-state index in [1.54, 1.807) is 0 Å². The Morgan fingerprint density at radius 3 is 2.24 bits per heavy atom. The first-order valence-electron chi connectivity index (χ1n) is 8.48. The summed E-state index contributed by atoms with van der Waals surface area (Å²) in [5, 5.41) is 0. The molecule has 0 amide bonds. The summed E-state index contributed by atoms with van der Waals surface area (Å²) in [7, 11) is 0. The second-order valence-corrected chi connectivity index (χ2v) is 5.86. The Balaban J connectivity index is 2.37. The summed E-state index contributed by atoms with van der Waals surface area (Å²) < 4.78 is 5.91. The molecule has 0 N–H and O–H groups in total. The molecule has 0 heterocycles. The summed E-state index contributed by atoms with van der Waals surface area (Å²) in [6.07, 6.45) is 11.2. The number of benzene rings is 1. The zero-order valence-corrected chi connectivity index (χ0v) is 13.6. The third-order valence-corrected chi connectivity index (χ3v) is 3.93. The van der Waals surface area contributed by atoms with Crippen LogP contribution in [0.2, 0.25) is 0 Å². The molecule has 0 aromatic heterocycles. The predicted octanol–water partition coefficient (Wildman–Crippen LogP) is 5.65. The number of hydrogen-bond donors (Lipinski definition) is 0. The summed E-state index contributed by atoms with van der Waals surface area (Å²) in [4.78, 5) is 10.6. The maximum atomic E-state index is 10.6. The second-order valence-electron chi connectivity index (χ2n) is 5.86. The van der Waals surface area contributed by atoms with Crippen LogP contribution in [0, 0.1) is 5.92 Å². The van der Waals surface area contributed by atoms with E-state index in [9.17, 15) is 4.79 Å². The van der Waals surface area contributed by atoms with Gasteiger partial charge < -0.3 is 4.74 Å². The van der Waals surface area contributed by atoms with Gasteiger partial charge in [-0.1, -0.05) is 52.4 Å². The van der Waals surface area contributed by atoms with Crippen LogP contribution in [-0.2, 0) is 0 Å². The average molecular weight is 290 g/mol. The van der Waals surface area contributed by atoms with Gasteiger partial charge in [0.05, 0.1) is 6.61 Å². The van der Waals surface area contributed by atoms with Gasteiger partial charge in [-0.2, -0.15) is 0 Å². The van der Waals surface area contributed by atoms with Crippen molar-refractivity contribution in [3.63, 3.8) is 0 Å². The molecular formula is C19H30O2. The van der Waals surface area contributed by atoms with Crippen LogP contribution in [0.4, 0.5) is 0 Å². The van der Waals surface area contributed by atoms with Crippen molar-refractivity contribution in [2.45, 2.75) is 65.2 Å². The molecule has 1 rings (SSSR count). The third kappa shape index (κ3) is 7.89. The molecule has 0 aliphatic rings. The van der Waals surface area contributed by atoms with Gasteiger partial charge in [0.15, 0.2) is 0 Å². The maximum absolute atomic E-state index is 10.6. The number of aldehydes is 1. The smallest absolute Gasteiger partial charge is 0.150 e. The molecule has 0 saturated carbocycles. The van der Waals surface area contributed by atoms with Crippen molar-refractivity contribution in [1.82, 2.24) is 0 Å².